The van der Waals surface area contributed by atoms with E-state index >= 15 is 0 Å². The number of alkyl halides is 1. The van der Waals surface area contributed by atoms with E-state index in [9.17, 15) is 0 Å². The lowest BCUT2D eigenvalue weighted by molar-refractivity contribution is 0.953. The van der Waals surface area contributed by atoms with Crippen LogP contribution in [0.1, 0.15) is 21.5 Å². The van der Waals surface area contributed by atoms with Gasteiger partial charge < -0.3 is 0 Å². The largest absolute Gasteiger partial charge is 0.152 e. The van der Waals surface area contributed by atoms with Crippen molar-refractivity contribution in [2.75, 3.05) is 0 Å². The predicted molar refractivity (Wildman–Crippen MR) is 70.9 cm³/mol. The van der Waals surface area contributed by atoms with Crippen molar-refractivity contribution >= 4 is 27.3 Å². The fourth-order valence-electron chi connectivity index (χ4n) is 1.50. The van der Waals surface area contributed by atoms with Gasteiger partial charge in [0.1, 0.15) is 0 Å². The lowest BCUT2D eigenvalue weighted by Crippen LogP contribution is -1.93. The topological polar surface area (TPSA) is 0 Å². The molecule has 0 nitrogen and oxygen atoms in total. The molecule has 0 aliphatic rings. The molecule has 0 bridgehead atoms. The fourth-order valence-corrected chi connectivity index (χ4v) is 3.05. The average molecular weight is 281 g/mol. The molecule has 2 heteroatoms. The van der Waals surface area contributed by atoms with E-state index in [1.54, 1.807) is 11.3 Å². The molecule has 0 spiro atoms. The van der Waals surface area contributed by atoms with Crippen LogP contribution in [0.4, 0.5) is 0 Å². The Kier molecular flexibility index (Phi) is 3.60. The second-order valence-corrected chi connectivity index (χ2v) is 5.60. The molecule has 0 fully saturated rings. The van der Waals surface area contributed by atoms with E-state index < -0.39 is 0 Å². The maximum atomic E-state index is 3.73. The van der Waals surface area contributed by atoms with Crippen molar-refractivity contribution in [1.29, 1.82) is 0 Å². The van der Waals surface area contributed by atoms with Crippen molar-refractivity contribution < 1.29 is 0 Å². The number of halogens is 1. The monoisotopic (exact) mass is 280 g/mol. The van der Waals surface area contributed by atoms with Gasteiger partial charge in [0.25, 0.3) is 0 Å². The summed E-state index contributed by atoms with van der Waals surface area (Å²) in [6, 6.07) is 10.9. The van der Waals surface area contributed by atoms with Crippen LogP contribution >= 0.6 is 27.3 Å². The molecule has 0 saturated carbocycles. The van der Waals surface area contributed by atoms with Gasteiger partial charge in [0.15, 0.2) is 0 Å². The van der Waals surface area contributed by atoms with Crippen LogP contribution in [0.2, 0.25) is 0 Å². The van der Waals surface area contributed by atoms with Gasteiger partial charge in [-0.2, -0.15) is 11.3 Å². The van der Waals surface area contributed by atoms with Gasteiger partial charge in [0.2, 0.25) is 0 Å². The maximum Gasteiger partial charge on any atom is 0.0443 e. The van der Waals surface area contributed by atoms with Gasteiger partial charge in [-0.25, -0.2) is 0 Å². The third kappa shape index (κ3) is 2.93. The summed E-state index contributed by atoms with van der Waals surface area (Å²) >= 11 is 5.48. The first-order valence-corrected chi connectivity index (χ1v) is 6.83. The van der Waals surface area contributed by atoms with E-state index in [0.717, 1.165) is 6.42 Å². The summed E-state index contributed by atoms with van der Waals surface area (Å²) in [7, 11) is 0. The minimum absolute atomic E-state index is 0.437. The Hall–Kier alpha value is -0.600. The van der Waals surface area contributed by atoms with Crippen LogP contribution in [0.25, 0.3) is 0 Å². The van der Waals surface area contributed by atoms with Gasteiger partial charge in [-0.1, -0.05) is 45.8 Å². The summed E-state index contributed by atoms with van der Waals surface area (Å²) in [6.07, 6.45) is 1.05. The molecule has 0 aliphatic heterocycles. The molecular weight excluding hydrogens is 268 g/mol. The zero-order chi connectivity index (χ0) is 10.7. The highest BCUT2D eigenvalue weighted by atomic mass is 79.9. The smallest absolute Gasteiger partial charge is 0.0443 e. The van der Waals surface area contributed by atoms with Gasteiger partial charge >= 0.3 is 0 Å². The lowest BCUT2D eigenvalue weighted by Gasteiger charge is -2.08. The maximum absolute atomic E-state index is 3.73. The van der Waals surface area contributed by atoms with Gasteiger partial charge in [0, 0.05) is 4.83 Å². The molecule has 0 saturated heterocycles. The molecular formula is C13H13BrS. The molecule has 1 heterocycles. The molecule has 1 unspecified atom stereocenters. The molecule has 15 heavy (non-hydrogen) atoms. The lowest BCUT2D eigenvalue weighted by atomic mass is 10.1. The summed E-state index contributed by atoms with van der Waals surface area (Å²) in [6.45, 7) is 2.12. The first-order chi connectivity index (χ1) is 7.25. The Morgan fingerprint density at radius 2 is 1.93 bits per heavy atom. The van der Waals surface area contributed by atoms with Gasteiger partial charge in [-0.15, -0.1) is 0 Å². The predicted octanol–water partition coefficient (Wildman–Crippen LogP) is 4.74. The van der Waals surface area contributed by atoms with Crippen molar-refractivity contribution in [2.45, 2.75) is 18.2 Å². The molecule has 2 aromatic rings. The van der Waals surface area contributed by atoms with Gasteiger partial charge in [-0.3, -0.25) is 0 Å². The van der Waals surface area contributed by atoms with E-state index in [2.05, 4.69) is 63.9 Å². The van der Waals surface area contributed by atoms with Crippen molar-refractivity contribution in [3.63, 3.8) is 0 Å². The van der Waals surface area contributed by atoms with Crippen LogP contribution in [0.5, 0.6) is 0 Å². The number of hydrogen-bond acceptors (Lipinski definition) is 1. The number of hydrogen-bond donors (Lipinski definition) is 0. The minimum atomic E-state index is 0.437. The molecule has 0 radical (unpaired) electrons. The molecule has 0 amide bonds. The normalized spacial score (nSPS) is 12.7. The Morgan fingerprint density at radius 1 is 1.20 bits per heavy atom. The van der Waals surface area contributed by atoms with E-state index in [0.29, 0.717) is 4.83 Å². The molecule has 1 atom stereocenters. The second-order valence-electron chi connectivity index (χ2n) is 3.71. The fraction of sp³-hybridized carbons (Fsp3) is 0.231. The second kappa shape index (κ2) is 4.95. The van der Waals surface area contributed by atoms with E-state index in [1.165, 1.54) is 16.7 Å². The highest BCUT2D eigenvalue weighted by Crippen LogP contribution is 2.28. The van der Waals surface area contributed by atoms with Crippen molar-refractivity contribution in [3.8, 4) is 0 Å². The minimum Gasteiger partial charge on any atom is -0.152 e. The number of rotatable bonds is 3. The molecule has 78 valence electrons. The summed E-state index contributed by atoms with van der Waals surface area (Å²) in [4.78, 5) is 0.437. The van der Waals surface area contributed by atoms with E-state index in [1.807, 2.05) is 0 Å². The van der Waals surface area contributed by atoms with Crippen LogP contribution < -0.4 is 0 Å². The summed E-state index contributed by atoms with van der Waals surface area (Å²) < 4.78 is 0. The molecule has 1 aromatic carbocycles. The Balaban J connectivity index is 2.06. The van der Waals surface area contributed by atoms with Crippen LogP contribution in [-0.2, 0) is 6.42 Å². The van der Waals surface area contributed by atoms with E-state index in [-0.39, 0.29) is 0 Å². The Bertz CT molecular complexity index is 403. The van der Waals surface area contributed by atoms with Crippen LogP contribution in [0.3, 0.4) is 0 Å². The van der Waals surface area contributed by atoms with Crippen molar-refractivity contribution in [2.24, 2.45) is 0 Å². The third-order valence-corrected chi connectivity index (χ3v) is 3.99. The number of benzene rings is 1. The SMILES string of the molecule is Cc1ccc(CC(Br)c2ccsc2)cc1. The van der Waals surface area contributed by atoms with E-state index in [4.69, 9.17) is 0 Å². The van der Waals surface area contributed by atoms with Crippen LogP contribution in [-0.4, -0.2) is 0 Å². The van der Waals surface area contributed by atoms with Gasteiger partial charge in [-0.05, 0) is 41.3 Å². The molecule has 0 N–H and O–H groups in total. The summed E-state index contributed by atoms with van der Waals surface area (Å²) in [5.74, 6) is 0. The standard InChI is InChI=1S/C13H13BrS/c1-10-2-4-11(5-3-10)8-13(14)12-6-7-15-9-12/h2-7,9,13H,8H2,1H3. The first kappa shape index (κ1) is 10.9. The Morgan fingerprint density at radius 3 is 2.53 bits per heavy atom. The molecule has 0 aliphatic carbocycles. The molecule has 1 aromatic heterocycles. The zero-order valence-electron chi connectivity index (χ0n) is 8.61. The molecule has 2 rings (SSSR count). The zero-order valence-corrected chi connectivity index (χ0v) is 11.0. The first-order valence-electron chi connectivity index (χ1n) is 4.97. The number of aryl methyl sites for hydroxylation is 1. The van der Waals surface area contributed by atoms with Crippen LogP contribution in [0.15, 0.2) is 41.1 Å². The summed E-state index contributed by atoms with van der Waals surface area (Å²) in [5, 5.41) is 4.33. The quantitative estimate of drug-likeness (QED) is 0.713. The highest BCUT2D eigenvalue weighted by Gasteiger charge is 2.08. The van der Waals surface area contributed by atoms with Gasteiger partial charge in [0.05, 0.1) is 0 Å². The highest BCUT2D eigenvalue weighted by molar-refractivity contribution is 9.09. The Labute approximate surface area is 103 Å². The number of thiophene rings is 1. The third-order valence-electron chi connectivity index (χ3n) is 2.44. The van der Waals surface area contributed by atoms with Crippen molar-refractivity contribution in [3.05, 3.63) is 57.8 Å². The van der Waals surface area contributed by atoms with Crippen molar-refractivity contribution in [1.82, 2.24) is 0 Å². The van der Waals surface area contributed by atoms with Crippen LogP contribution in [0, 0.1) is 6.92 Å². The average Bonchev–Trinajstić information content (AvgIpc) is 2.74. The summed E-state index contributed by atoms with van der Waals surface area (Å²) in [5.41, 5.74) is 4.08.